The molecule has 55 heavy (non-hydrogen) atoms. The lowest BCUT2D eigenvalue weighted by atomic mass is 9.99. The molecule has 0 radical (unpaired) electrons. The first kappa shape index (κ1) is 52.9. The van der Waals surface area contributed by atoms with Crippen LogP contribution in [0.5, 0.6) is 0 Å². The molecular formula is C44H79O10P. The van der Waals surface area contributed by atoms with Gasteiger partial charge < -0.3 is 29.5 Å². The number of rotatable bonds is 38. The van der Waals surface area contributed by atoms with Crippen molar-refractivity contribution in [2.24, 2.45) is 5.92 Å². The minimum Gasteiger partial charge on any atom is -0.462 e. The van der Waals surface area contributed by atoms with Crippen LogP contribution in [0.1, 0.15) is 181 Å². The quantitative estimate of drug-likeness (QED) is 0.0205. The number of aliphatic hydroxyl groups is 2. The van der Waals surface area contributed by atoms with Gasteiger partial charge in [0.2, 0.25) is 0 Å². The van der Waals surface area contributed by atoms with E-state index >= 15 is 0 Å². The summed E-state index contributed by atoms with van der Waals surface area (Å²) in [4.78, 5) is 42.9. The Hall–Kier alpha value is -2.07. The monoisotopic (exact) mass is 799 g/mol. The van der Waals surface area contributed by atoms with E-state index in [2.05, 4.69) is 25.3 Å². The molecular weight excluding hydrogens is 719 g/mol. The molecule has 0 fully saturated rings. The summed E-state index contributed by atoms with van der Waals surface area (Å²) >= 11 is 0. The summed E-state index contributed by atoms with van der Waals surface area (Å²) < 4.78 is 26.3. The molecule has 0 aliphatic rings. The van der Waals surface area contributed by atoms with Crippen LogP contribution in [0.15, 0.2) is 48.6 Å². The largest absolute Gasteiger partial charge is 0.469 e. The molecule has 0 spiro atoms. The highest BCUT2D eigenvalue weighted by molar-refractivity contribution is 7.46. The van der Waals surface area contributed by atoms with Crippen LogP contribution in [0.3, 0.4) is 0 Å². The van der Waals surface area contributed by atoms with Gasteiger partial charge in [-0.05, 0) is 38.0 Å². The SMILES string of the molecule is CCCCC[C@@H](O)/C=C/C=C\C/C=C\C=C\[C@@H](O)CCCC(=O)O[C@H](COC(=O)CCCCCCCCCCCCCCCCC(C)CC)COP(=O)(O)O. The summed E-state index contributed by atoms with van der Waals surface area (Å²) in [5, 5.41) is 20.1. The second kappa shape index (κ2) is 37.5. The third-order valence-electron chi connectivity index (χ3n) is 9.60. The molecule has 1 unspecified atom stereocenters. The normalized spacial score (nSPS) is 14.7. The smallest absolute Gasteiger partial charge is 0.462 e. The lowest BCUT2D eigenvalue weighted by Gasteiger charge is -2.18. The van der Waals surface area contributed by atoms with Gasteiger partial charge in [-0.2, -0.15) is 0 Å². The molecule has 0 aliphatic carbocycles. The van der Waals surface area contributed by atoms with Crippen molar-refractivity contribution >= 4 is 19.8 Å². The molecule has 0 heterocycles. The van der Waals surface area contributed by atoms with Crippen LogP contribution in [0, 0.1) is 5.92 Å². The Balaban J connectivity index is 4.13. The van der Waals surface area contributed by atoms with E-state index in [0.29, 0.717) is 25.7 Å². The first-order valence-electron chi connectivity index (χ1n) is 21.5. The van der Waals surface area contributed by atoms with Crippen molar-refractivity contribution in [3.05, 3.63) is 48.6 Å². The van der Waals surface area contributed by atoms with E-state index in [-0.39, 0.29) is 19.4 Å². The summed E-state index contributed by atoms with van der Waals surface area (Å²) in [5.41, 5.74) is 0. The highest BCUT2D eigenvalue weighted by Gasteiger charge is 2.23. The number of hydrogen-bond acceptors (Lipinski definition) is 8. The molecule has 10 nitrogen and oxygen atoms in total. The summed E-state index contributed by atoms with van der Waals surface area (Å²) in [6, 6.07) is 0. The zero-order valence-electron chi connectivity index (χ0n) is 34.7. The Kier molecular flexibility index (Phi) is 36.1. The van der Waals surface area contributed by atoms with E-state index in [4.69, 9.17) is 19.3 Å². The fourth-order valence-corrected chi connectivity index (χ4v) is 6.28. The molecule has 11 heteroatoms. The van der Waals surface area contributed by atoms with E-state index < -0.39 is 44.7 Å². The highest BCUT2D eigenvalue weighted by Crippen LogP contribution is 2.36. The fourth-order valence-electron chi connectivity index (χ4n) is 5.92. The average Bonchev–Trinajstić information content (AvgIpc) is 3.14. The van der Waals surface area contributed by atoms with Crippen molar-refractivity contribution < 1.29 is 48.2 Å². The van der Waals surface area contributed by atoms with Crippen LogP contribution in [0.25, 0.3) is 0 Å². The van der Waals surface area contributed by atoms with E-state index in [1.165, 1.54) is 77.0 Å². The molecule has 0 saturated heterocycles. The number of ether oxygens (including phenoxy) is 2. The van der Waals surface area contributed by atoms with Crippen LogP contribution in [-0.2, 0) is 28.2 Å². The van der Waals surface area contributed by atoms with Gasteiger partial charge in [-0.25, -0.2) is 4.57 Å². The zero-order chi connectivity index (χ0) is 40.8. The first-order valence-corrected chi connectivity index (χ1v) is 23.1. The average molecular weight is 799 g/mol. The molecule has 0 rings (SSSR count). The lowest BCUT2D eigenvalue weighted by molar-refractivity contribution is -0.161. The molecule has 0 bridgehead atoms. The number of phosphoric ester groups is 1. The van der Waals surface area contributed by atoms with Gasteiger partial charge in [-0.15, -0.1) is 0 Å². The van der Waals surface area contributed by atoms with Gasteiger partial charge in [0.15, 0.2) is 6.10 Å². The highest BCUT2D eigenvalue weighted by atomic mass is 31.2. The van der Waals surface area contributed by atoms with Crippen molar-refractivity contribution in [1.29, 1.82) is 0 Å². The van der Waals surface area contributed by atoms with Gasteiger partial charge in [0.05, 0.1) is 18.8 Å². The molecule has 4 N–H and O–H groups in total. The Bertz CT molecular complexity index is 1080. The number of carbonyl (C=O) groups excluding carboxylic acids is 2. The van der Waals surface area contributed by atoms with Gasteiger partial charge in [-0.3, -0.25) is 14.1 Å². The number of hydrogen-bond donors (Lipinski definition) is 4. The summed E-state index contributed by atoms with van der Waals surface area (Å²) in [6.45, 7) is 5.77. The molecule has 0 aromatic heterocycles. The number of esters is 2. The van der Waals surface area contributed by atoms with Crippen molar-refractivity contribution in [3.63, 3.8) is 0 Å². The van der Waals surface area contributed by atoms with Crippen LogP contribution in [-0.4, -0.2) is 63.5 Å². The number of carbonyl (C=O) groups is 2. The predicted octanol–water partition coefficient (Wildman–Crippen LogP) is 10.9. The molecule has 0 aromatic rings. The van der Waals surface area contributed by atoms with Crippen molar-refractivity contribution in [1.82, 2.24) is 0 Å². The maximum Gasteiger partial charge on any atom is 0.469 e. The van der Waals surface area contributed by atoms with E-state index in [0.717, 1.165) is 50.9 Å². The van der Waals surface area contributed by atoms with E-state index in [1.807, 2.05) is 30.4 Å². The lowest BCUT2D eigenvalue weighted by Crippen LogP contribution is -2.29. The topological polar surface area (TPSA) is 160 Å². The maximum absolute atomic E-state index is 12.4. The van der Waals surface area contributed by atoms with E-state index in [1.54, 1.807) is 18.2 Å². The Morgan fingerprint density at radius 2 is 1.07 bits per heavy atom. The third kappa shape index (κ3) is 39.9. The van der Waals surface area contributed by atoms with Crippen molar-refractivity contribution in [2.45, 2.75) is 200 Å². The van der Waals surface area contributed by atoms with Crippen LogP contribution in [0.4, 0.5) is 0 Å². The minimum absolute atomic E-state index is 0.0363. The first-order chi connectivity index (χ1) is 26.5. The second-order valence-electron chi connectivity index (χ2n) is 15.0. The number of unbranched alkanes of at least 4 members (excludes halogenated alkanes) is 15. The van der Waals surface area contributed by atoms with Crippen molar-refractivity contribution in [3.8, 4) is 0 Å². The van der Waals surface area contributed by atoms with Gasteiger partial charge in [-0.1, -0.05) is 185 Å². The molecule has 0 aromatic carbocycles. The molecule has 0 amide bonds. The Labute approximate surface area is 334 Å². The molecule has 0 saturated carbocycles. The molecule has 0 aliphatic heterocycles. The number of aliphatic hydroxyl groups excluding tert-OH is 2. The zero-order valence-corrected chi connectivity index (χ0v) is 35.6. The third-order valence-corrected chi connectivity index (χ3v) is 10.1. The minimum atomic E-state index is -4.82. The summed E-state index contributed by atoms with van der Waals surface area (Å²) in [6.07, 6.45) is 37.6. The fraction of sp³-hybridized carbons (Fsp3) is 0.773. The van der Waals surface area contributed by atoms with Gasteiger partial charge in [0.25, 0.3) is 0 Å². The number of allylic oxidation sites excluding steroid dienone is 6. The Morgan fingerprint density at radius 1 is 0.600 bits per heavy atom. The maximum atomic E-state index is 12.4. The van der Waals surface area contributed by atoms with Crippen LogP contribution in [0.2, 0.25) is 0 Å². The molecule has 320 valence electrons. The second-order valence-corrected chi connectivity index (χ2v) is 16.2. The van der Waals surface area contributed by atoms with Gasteiger partial charge in [0.1, 0.15) is 6.61 Å². The van der Waals surface area contributed by atoms with Crippen LogP contribution >= 0.6 is 7.82 Å². The predicted molar refractivity (Wildman–Crippen MR) is 223 cm³/mol. The standard InChI is InChI=1S/C44H79O10P/c1-4-6-24-31-40(45)32-26-21-17-15-18-22-27-33-41(46)34-29-36-44(48)54-42(38-53-55(49,50)51)37-52-43(47)35-28-23-19-14-12-10-8-7-9-11-13-16-20-25-30-39(3)5-2/h17-18,21-22,26-27,32-33,39-42,45-46H,4-16,19-20,23-25,28-31,34-38H2,1-3H3,(H2,49,50,51)/b21-17-,22-18-,32-26+,33-27+/t39?,40-,41-,42-/m1/s1. The van der Waals surface area contributed by atoms with Gasteiger partial charge in [0, 0.05) is 12.8 Å². The van der Waals surface area contributed by atoms with E-state index in [9.17, 15) is 24.4 Å². The van der Waals surface area contributed by atoms with Crippen LogP contribution < -0.4 is 0 Å². The Morgan fingerprint density at radius 3 is 1.58 bits per heavy atom. The van der Waals surface area contributed by atoms with Gasteiger partial charge >= 0.3 is 19.8 Å². The molecule has 4 atom stereocenters. The van der Waals surface area contributed by atoms with Crippen molar-refractivity contribution in [2.75, 3.05) is 13.2 Å². The summed E-state index contributed by atoms with van der Waals surface area (Å²) in [5.74, 6) is -0.239. The summed E-state index contributed by atoms with van der Waals surface area (Å²) in [7, 11) is -4.82. The number of phosphoric acid groups is 1.